The highest BCUT2D eigenvalue weighted by Crippen LogP contribution is 2.12. The first-order chi connectivity index (χ1) is 7.33. The van der Waals surface area contributed by atoms with Gasteiger partial charge in [-0.3, -0.25) is 0 Å². The minimum atomic E-state index is -1.30. The van der Waals surface area contributed by atoms with Gasteiger partial charge in [0.1, 0.15) is 24.7 Å². The van der Waals surface area contributed by atoms with Gasteiger partial charge in [0.15, 0.2) is 0 Å². The lowest BCUT2D eigenvalue weighted by molar-refractivity contribution is 0.0536. The Hall–Kier alpha value is -1.43. The molecule has 1 heterocycles. The third-order valence-corrected chi connectivity index (χ3v) is 1.69. The molecule has 0 amide bonds. The summed E-state index contributed by atoms with van der Waals surface area (Å²) in [5, 5.41) is 9.15. The number of alkyl halides is 1. The average molecular weight is 230 g/mol. The summed E-state index contributed by atoms with van der Waals surface area (Å²) < 4.78 is 18.3. The molecule has 0 aliphatic rings. The van der Waals surface area contributed by atoms with Crippen LogP contribution in [0.15, 0.2) is 12.5 Å². The molecule has 0 radical (unpaired) electrons. The van der Waals surface area contributed by atoms with E-state index in [0.29, 0.717) is 0 Å². The van der Waals surface area contributed by atoms with Gasteiger partial charge in [-0.05, 0) is 20.8 Å². The molecule has 16 heavy (non-hydrogen) atoms. The van der Waals surface area contributed by atoms with Crippen molar-refractivity contribution in [1.29, 1.82) is 0 Å². The van der Waals surface area contributed by atoms with Crippen molar-refractivity contribution in [3.05, 3.63) is 18.2 Å². The summed E-state index contributed by atoms with van der Waals surface area (Å²) in [5.74, 6) is 0. The maximum atomic E-state index is 12.1. The molecule has 5 nitrogen and oxygen atoms in total. The standard InChI is InChI=1S/C10H15FN2O3/c1-10(2,3)16-9(15)13-5-7(12-6-13)8(14)4-11/h5-6,8,14H,4H2,1-3H3. The maximum absolute atomic E-state index is 12.1. The van der Waals surface area contributed by atoms with Gasteiger partial charge in [0.05, 0.1) is 5.69 Å². The lowest BCUT2D eigenvalue weighted by Crippen LogP contribution is -2.26. The summed E-state index contributed by atoms with van der Waals surface area (Å²) >= 11 is 0. The minimum Gasteiger partial charge on any atom is -0.443 e. The van der Waals surface area contributed by atoms with Gasteiger partial charge >= 0.3 is 6.09 Å². The van der Waals surface area contributed by atoms with Gasteiger partial charge in [-0.25, -0.2) is 18.7 Å². The number of hydrogen-bond acceptors (Lipinski definition) is 4. The van der Waals surface area contributed by atoms with Crippen molar-refractivity contribution in [2.24, 2.45) is 0 Å². The van der Waals surface area contributed by atoms with Gasteiger partial charge < -0.3 is 9.84 Å². The SMILES string of the molecule is CC(C)(C)OC(=O)n1cnc(C(O)CF)c1. The summed E-state index contributed by atoms with van der Waals surface area (Å²) in [6.07, 6.45) is 0.515. The third kappa shape index (κ3) is 3.30. The molecule has 0 spiro atoms. The molecule has 90 valence electrons. The van der Waals surface area contributed by atoms with Gasteiger partial charge in [-0.15, -0.1) is 0 Å². The van der Waals surface area contributed by atoms with E-state index in [0.717, 1.165) is 4.57 Å². The summed E-state index contributed by atoms with van der Waals surface area (Å²) in [6, 6.07) is 0. The van der Waals surface area contributed by atoms with Crippen LogP contribution in [0, 0.1) is 0 Å². The lowest BCUT2D eigenvalue weighted by Gasteiger charge is -2.19. The van der Waals surface area contributed by atoms with E-state index in [-0.39, 0.29) is 5.69 Å². The number of halogens is 1. The van der Waals surface area contributed by atoms with Crippen LogP contribution in [0.25, 0.3) is 0 Å². The number of aliphatic hydroxyl groups excluding tert-OH is 1. The highest BCUT2D eigenvalue weighted by atomic mass is 19.1. The molecule has 0 aromatic carbocycles. The van der Waals surface area contributed by atoms with Crippen molar-refractivity contribution in [2.45, 2.75) is 32.5 Å². The zero-order valence-electron chi connectivity index (χ0n) is 9.48. The van der Waals surface area contributed by atoms with E-state index >= 15 is 0 Å². The van der Waals surface area contributed by atoms with Crippen LogP contribution in [0.3, 0.4) is 0 Å². The van der Waals surface area contributed by atoms with Crippen molar-refractivity contribution in [2.75, 3.05) is 6.67 Å². The summed E-state index contributed by atoms with van der Waals surface area (Å²) in [4.78, 5) is 15.2. The number of aliphatic hydroxyl groups is 1. The Kier molecular flexibility index (Phi) is 3.64. The number of imidazole rings is 1. The zero-order valence-corrected chi connectivity index (χ0v) is 9.48. The molecule has 1 N–H and O–H groups in total. The second kappa shape index (κ2) is 4.61. The molecule has 0 aliphatic heterocycles. The van der Waals surface area contributed by atoms with Gasteiger partial charge in [0.25, 0.3) is 0 Å². The van der Waals surface area contributed by atoms with Crippen LogP contribution in [-0.2, 0) is 4.74 Å². The molecule has 1 unspecified atom stereocenters. The number of ether oxygens (including phenoxy) is 1. The van der Waals surface area contributed by atoms with Crippen LogP contribution in [0.2, 0.25) is 0 Å². The van der Waals surface area contributed by atoms with Gasteiger partial charge in [0.2, 0.25) is 0 Å². The Morgan fingerprint density at radius 2 is 2.31 bits per heavy atom. The van der Waals surface area contributed by atoms with E-state index < -0.39 is 24.5 Å². The van der Waals surface area contributed by atoms with Crippen molar-refractivity contribution in [3.63, 3.8) is 0 Å². The molecule has 1 aromatic heterocycles. The number of carbonyl (C=O) groups is 1. The zero-order chi connectivity index (χ0) is 12.3. The molecule has 0 aliphatic carbocycles. The van der Waals surface area contributed by atoms with Crippen LogP contribution in [-0.4, -0.2) is 33.0 Å². The van der Waals surface area contributed by atoms with Crippen molar-refractivity contribution >= 4 is 6.09 Å². The summed E-state index contributed by atoms with van der Waals surface area (Å²) in [7, 11) is 0. The van der Waals surface area contributed by atoms with Gasteiger partial charge in [-0.1, -0.05) is 0 Å². The number of hydrogen-bond donors (Lipinski definition) is 1. The van der Waals surface area contributed by atoms with Gasteiger partial charge in [0, 0.05) is 6.20 Å². The molecule has 6 heteroatoms. The normalized spacial score (nSPS) is 13.6. The number of rotatable bonds is 2. The van der Waals surface area contributed by atoms with E-state index in [1.54, 1.807) is 20.8 Å². The molecular weight excluding hydrogens is 215 g/mol. The second-order valence-corrected chi connectivity index (χ2v) is 4.36. The third-order valence-electron chi connectivity index (χ3n) is 1.69. The van der Waals surface area contributed by atoms with Gasteiger partial charge in [-0.2, -0.15) is 0 Å². The summed E-state index contributed by atoms with van der Waals surface area (Å²) in [6.45, 7) is 4.27. The van der Waals surface area contributed by atoms with Crippen LogP contribution in [0.4, 0.5) is 9.18 Å². The Bertz CT molecular complexity index is 370. The second-order valence-electron chi connectivity index (χ2n) is 4.36. The molecule has 0 fully saturated rings. The summed E-state index contributed by atoms with van der Waals surface area (Å²) in [5.41, 5.74) is -0.506. The fourth-order valence-electron chi connectivity index (χ4n) is 1.00. The number of nitrogens with zero attached hydrogens (tertiary/aromatic N) is 2. The molecule has 0 saturated carbocycles. The Morgan fingerprint density at radius 3 is 2.81 bits per heavy atom. The molecule has 1 aromatic rings. The van der Waals surface area contributed by atoms with E-state index in [4.69, 9.17) is 9.84 Å². The van der Waals surface area contributed by atoms with E-state index in [9.17, 15) is 9.18 Å². The lowest BCUT2D eigenvalue weighted by atomic mass is 10.2. The Balaban J connectivity index is 2.75. The fraction of sp³-hybridized carbons (Fsp3) is 0.600. The van der Waals surface area contributed by atoms with Crippen molar-refractivity contribution in [3.8, 4) is 0 Å². The largest absolute Gasteiger partial charge is 0.443 e. The number of aromatic nitrogens is 2. The molecular formula is C10H15FN2O3. The first kappa shape index (κ1) is 12.6. The molecule has 0 saturated heterocycles. The molecule has 0 bridgehead atoms. The van der Waals surface area contributed by atoms with Crippen LogP contribution in [0.5, 0.6) is 0 Å². The topological polar surface area (TPSA) is 64.4 Å². The van der Waals surface area contributed by atoms with Crippen molar-refractivity contribution in [1.82, 2.24) is 9.55 Å². The first-order valence-corrected chi connectivity index (χ1v) is 4.85. The molecule has 1 atom stereocenters. The average Bonchev–Trinajstić information content (AvgIpc) is 2.62. The van der Waals surface area contributed by atoms with Crippen LogP contribution >= 0.6 is 0 Å². The van der Waals surface area contributed by atoms with E-state index in [1.165, 1.54) is 12.5 Å². The molecule has 1 rings (SSSR count). The highest BCUT2D eigenvalue weighted by molar-refractivity contribution is 5.70. The Morgan fingerprint density at radius 1 is 1.69 bits per heavy atom. The fourth-order valence-corrected chi connectivity index (χ4v) is 1.00. The highest BCUT2D eigenvalue weighted by Gasteiger charge is 2.19. The first-order valence-electron chi connectivity index (χ1n) is 4.85. The van der Waals surface area contributed by atoms with E-state index in [2.05, 4.69) is 4.98 Å². The number of carbonyl (C=O) groups excluding carboxylic acids is 1. The maximum Gasteiger partial charge on any atom is 0.419 e. The minimum absolute atomic E-state index is 0.105. The quantitative estimate of drug-likeness (QED) is 0.839. The predicted octanol–water partition coefficient (Wildman–Crippen LogP) is 1.67. The van der Waals surface area contributed by atoms with Crippen LogP contribution < -0.4 is 0 Å². The van der Waals surface area contributed by atoms with Crippen molar-refractivity contribution < 1.29 is 19.0 Å². The Labute approximate surface area is 92.9 Å². The monoisotopic (exact) mass is 230 g/mol. The van der Waals surface area contributed by atoms with Crippen LogP contribution in [0.1, 0.15) is 32.6 Å². The predicted molar refractivity (Wildman–Crippen MR) is 54.8 cm³/mol. The van der Waals surface area contributed by atoms with E-state index in [1.807, 2.05) is 0 Å². The smallest absolute Gasteiger partial charge is 0.419 e.